The number of rotatable bonds is 2. The maximum atomic E-state index is 8.43. The van der Waals surface area contributed by atoms with Crippen LogP contribution in [0.3, 0.4) is 0 Å². The number of halogens is 1. The van der Waals surface area contributed by atoms with E-state index >= 15 is 0 Å². The summed E-state index contributed by atoms with van der Waals surface area (Å²) < 4.78 is 1.73. The summed E-state index contributed by atoms with van der Waals surface area (Å²) in [5, 5.41) is 13.5. The van der Waals surface area contributed by atoms with Gasteiger partial charge in [-0.05, 0) is 0 Å². The third-order valence-electron chi connectivity index (χ3n) is 1.99. The lowest BCUT2D eigenvalue weighted by molar-refractivity contribution is 0.622. The monoisotopic (exact) mass is 213 g/mol. The summed E-state index contributed by atoms with van der Waals surface area (Å²) in [5.41, 5.74) is 2.25. The van der Waals surface area contributed by atoms with Crippen LogP contribution in [0.2, 0.25) is 5.15 Å². The van der Waals surface area contributed by atoms with E-state index in [2.05, 4.69) is 11.2 Å². The van der Waals surface area contributed by atoms with Gasteiger partial charge in [0.05, 0.1) is 24.7 Å². The standard InChI is InChI=1S/C8H8ClN3S/c9-8-6-4-13-5-7(6)11-12(8)3-1-2-10/h1,3-5H2. The average Bonchev–Trinajstić information content (AvgIpc) is 2.67. The Morgan fingerprint density at radius 3 is 3.15 bits per heavy atom. The van der Waals surface area contributed by atoms with Gasteiger partial charge >= 0.3 is 0 Å². The molecular formula is C8H8ClN3S. The second-order valence-corrected chi connectivity index (χ2v) is 4.18. The molecule has 1 aromatic heterocycles. The summed E-state index contributed by atoms with van der Waals surface area (Å²) in [5.74, 6) is 1.91. The van der Waals surface area contributed by atoms with Crippen molar-refractivity contribution in [2.24, 2.45) is 0 Å². The summed E-state index contributed by atoms with van der Waals surface area (Å²) in [7, 11) is 0. The predicted octanol–water partition coefficient (Wildman–Crippen LogP) is 2.20. The quantitative estimate of drug-likeness (QED) is 0.757. The van der Waals surface area contributed by atoms with Gasteiger partial charge in [0.2, 0.25) is 0 Å². The number of fused-ring (bicyclic) bond motifs is 1. The number of nitriles is 1. The summed E-state index contributed by atoms with van der Waals surface area (Å²) >= 11 is 7.91. The second kappa shape index (κ2) is 3.60. The van der Waals surface area contributed by atoms with Crippen molar-refractivity contribution in [1.29, 1.82) is 5.26 Å². The fraction of sp³-hybridized carbons (Fsp3) is 0.500. The Kier molecular flexibility index (Phi) is 2.47. The van der Waals surface area contributed by atoms with Gasteiger partial charge in [-0.1, -0.05) is 11.6 Å². The van der Waals surface area contributed by atoms with E-state index in [0.717, 1.165) is 27.9 Å². The molecule has 0 fully saturated rings. The normalized spacial score (nSPS) is 14.2. The van der Waals surface area contributed by atoms with Gasteiger partial charge in [0.1, 0.15) is 5.15 Å². The van der Waals surface area contributed by atoms with Gasteiger partial charge in [0.15, 0.2) is 0 Å². The molecule has 2 heterocycles. The van der Waals surface area contributed by atoms with Gasteiger partial charge in [0, 0.05) is 17.1 Å². The molecule has 0 spiro atoms. The minimum atomic E-state index is 0.466. The topological polar surface area (TPSA) is 41.6 Å². The van der Waals surface area contributed by atoms with Crippen LogP contribution in [-0.2, 0) is 18.1 Å². The van der Waals surface area contributed by atoms with Crippen molar-refractivity contribution in [3.8, 4) is 6.07 Å². The number of aryl methyl sites for hydroxylation is 1. The number of hydrogen-bond acceptors (Lipinski definition) is 3. The van der Waals surface area contributed by atoms with Crippen LogP contribution in [0.25, 0.3) is 0 Å². The highest BCUT2D eigenvalue weighted by Crippen LogP contribution is 2.34. The lowest BCUT2D eigenvalue weighted by atomic mass is 10.3. The number of thioether (sulfide) groups is 1. The summed E-state index contributed by atoms with van der Waals surface area (Å²) in [6.45, 7) is 0.604. The molecule has 0 aliphatic carbocycles. The second-order valence-electron chi connectivity index (χ2n) is 2.84. The van der Waals surface area contributed by atoms with E-state index < -0.39 is 0 Å². The fourth-order valence-electron chi connectivity index (χ4n) is 1.34. The number of hydrogen-bond donors (Lipinski definition) is 0. The predicted molar refractivity (Wildman–Crippen MR) is 52.5 cm³/mol. The Morgan fingerprint density at radius 1 is 1.62 bits per heavy atom. The van der Waals surface area contributed by atoms with Gasteiger partial charge in [-0.3, -0.25) is 4.68 Å². The van der Waals surface area contributed by atoms with E-state index in [9.17, 15) is 0 Å². The van der Waals surface area contributed by atoms with Gasteiger partial charge in [-0.2, -0.15) is 22.1 Å². The van der Waals surface area contributed by atoms with Crippen molar-refractivity contribution in [3.63, 3.8) is 0 Å². The number of nitrogens with zero attached hydrogens (tertiary/aromatic N) is 3. The van der Waals surface area contributed by atoms with Gasteiger partial charge < -0.3 is 0 Å². The lowest BCUT2D eigenvalue weighted by Gasteiger charge is -1.99. The zero-order chi connectivity index (χ0) is 9.26. The smallest absolute Gasteiger partial charge is 0.131 e. The van der Waals surface area contributed by atoms with Crippen LogP contribution >= 0.6 is 23.4 Å². The Bertz CT molecular complexity index is 366. The van der Waals surface area contributed by atoms with Crippen LogP contribution in [0.5, 0.6) is 0 Å². The molecule has 0 atom stereocenters. The maximum Gasteiger partial charge on any atom is 0.131 e. The SMILES string of the molecule is N#CCCn1nc2c(c1Cl)CSC2. The molecule has 2 rings (SSSR count). The van der Waals surface area contributed by atoms with E-state index in [1.54, 1.807) is 4.68 Å². The molecule has 0 saturated heterocycles. The van der Waals surface area contributed by atoms with E-state index in [1.165, 1.54) is 0 Å². The van der Waals surface area contributed by atoms with Crippen molar-refractivity contribution >= 4 is 23.4 Å². The molecule has 13 heavy (non-hydrogen) atoms. The van der Waals surface area contributed by atoms with Gasteiger partial charge in [-0.15, -0.1) is 0 Å². The molecule has 3 nitrogen and oxygen atoms in total. The van der Waals surface area contributed by atoms with Crippen LogP contribution in [0.4, 0.5) is 0 Å². The van der Waals surface area contributed by atoms with Crippen LogP contribution in [0.15, 0.2) is 0 Å². The zero-order valence-corrected chi connectivity index (χ0v) is 8.53. The highest BCUT2D eigenvalue weighted by Gasteiger charge is 2.20. The molecule has 0 bridgehead atoms. The van der Waals surface area contributed by atoms with Crippen molar-refractivity contribution in [1.82, 2.24) is 9.78 Å². The first kappa shape index (κ1) is 8.92. The van der Waals surface area contributed by atoms with E-state index in [0.29, 0.717) is 13.0 Å². The molecule has 0 saturated carbocycles. The first-order chi connectivity index (χ1) is 6.33. The summed E-state index contributed by atoms with van der Waals surface area (Å²) in [6, 6.07) is 2.08. The average molecular weight is 214 g/mol. The Balaban J connectivity index is 2.24. The molecule has 68 valence electrons. The maximum absolute atomic E-state index is 8.43. The third-order valence-corrected chi connectivity index (χ3v) is 3.38. The van der Waals surface area contributed by atoms with Gasteiger partial charge in [-0.25, -0.2) is 0 Å². The molecule has 1 aromatic rings. The summed E-state index contributed by atoms with van der Waals surface area (Å²) in [6.07, 6.45) is 0.466. The molecule has 0 amide bonds. The third kappa shape index (κ3) is 1.54. The van der Waals surface area contributed by atoms with Crippen molar-refractivity contribution < 1.29 is 0 Å². The molecule has 0 unspecified atom stereocenters. The van der Waals surface area contributed by atoms with Crippen LogP contribution in [0, 0.1) is 11.3 Å². The highest BCUT2D eigenvalue weighted by molar-refractivity contribution is 7.98. The van der Waals surface area contributed by atoms with Crippen LogP contribution in [-0.4, -0.2) is 9.78 Å². The zero-order valence-electron chi connectivity index (χ0n) is 6.96. The van der Waals surface area contributed by atoms with Crippen molar-refractivity contribution in [2.45, 2.75) is 24.5 Å². The molecule has 1 aliphatic rings. The number of aromatic nitrogens is 2. The van der Waals surface area contributed by atoms with Crippen LogP contribution in [0.1, 0.15) is 17.7 Å². The Hall–Kier alpha value is -0.660. The largest absolute Gasteiger partial charge is 0.252 e. The Morgan fingerprint density at radius 2 is 2.46 bits per heavy atom. The first-order valence-electron chi connectivity index (χ1n) is 4.01. The molecular weight excluding hydrogens is 206 g/mol. The molecule has 0 N–H and O–H groups in total. The summed E-state index contributed by atoms with van der Waals surface area (Å²) in [4.78, 5) is 0. The highest BCUT2D eigenvalue weighted by atomic mass is 35.5. The first-order valence-corrected chi connectivity index (χ1v) is 5.55. The van der Waals surface area contributed by atoms with Gasteiger partial charge in [0.25, 0.3) is 0 Å². The van der Waals surface area contributed by atoms with Crippen molar-refractivity contribution in [3.05, 3.63) is 16.4 Å². The molecule has 0 aromatic carbocycles. The van der Waals surface area contributed by atoms with Crippen molar-refractivity contribution in [2.75, 3.05) is 0 Å². The lowest BCUT2D eigenvalue weighted by Crippen LogP contribution is -2.00. The van der Waals surface area contributed by atoms with E-state index in [4.69, 9.17) is 16.9 Å². The van der Waals surface area contributed by atoms with Crippen LogP contribution < -0.4 is 0 Å². The molecule has 5 heteroatoms. The Labute approximate surface area is 85.7 Å². The molecule has 1 aliphatic heterocycles. The molecule has 0 radical (unpaired) electrons. The fourth-order valence-corrected chi connectivity index (χ4v) is 2.75. The van der Waals surface area contributed by atoms with E-state index in [-0.39, 0.29) is 0 Å². The minimum Gasteiger partial charge on any atom is -0.252 e. The minimum absolute atomic E-state index is 0.466. The van der Waals surface area contributed by atoms with E-state index in [1.807, 2.05) is 11.8 Å².